The van der Waals surface area contributed by atoms with E-state index in [1.54, 1.807) is 0 Å². The lowest BCUT2D eigenvalue weighted by atomic mass is 10.1. The lowest BCUT2D eigenvalue weighted by Gasteiger charge is -2.39. The Labute approximate surface area is 120 Å². The summed E-state index contributed by atoms with van der Waals surface area (Å²) in [5.41, 5.74) is 0. The summed E-state index contributed by atoms with van der Waals surface area (Å²) in [6.45, 7) is 0. The fraction of sp³-hybridized carbons (Fsp3) is 0.750. The smallest absolute Gasteiger partial charge is 0.407 e. The number of ether oxygens (including phenoxy) is 1. The van der Waals surface area contributed by atoms with E-state index in [1.165, 1.54) is 7.11 Å². The van der Waals surface area contributed by atoms with Crippen LogP contribution in [0.5, 0.6) is 0 Å². The molecule has 0 radical (unpaired) electrons. The number of carbonyl (C=O) groups excluding carboxylic acids is 2. The Morgan fingerprint density at radius 2 is 2.05 bits per heavy atom. The summed E-state index contributed by atoms with van der Waals surface area (Å²) in [7, 11) is 1.69. The van der Waals surface area contributed by atoms with Crippen LogP contribution in [-0.4, -0.2) is 62.9 Å². The molecule has 2 heterocycles. The molecule has 7 nitrogen and oxygen atoms in total. The molecule has 4 unspecified atom stereocenters. The summed E-state index contributed by atoms with van der Waals surface area (Å²) in [5, 5.41) is 11.9. The van der Waals surface area contributed by atoms with Gasteiger partial charge in [0.2, 0.25) is 10.4 Å². The van der Waals surface area contributed by atoms with Gasteiger partial charge in [0.15, 0.2) is 6.04 Å². The van der Waals surface area contributed by atoms with Crippen LogP contribution < -0.4 is 5.32 Å². The van der Waals surface area contributed by atoms with Gasteiger partial charge < -0.3 is 19.3 Å². The van der Waals surface area contributed by atoms with E-state index in [0.29, 0.717) is 23.2 Å². The second kappa shape index (κ2) is 5.53. The summed E-state index contributed by atoms with van der Waals surface area (Å²) in [6.07, 6.45) is 2.90. The number of carboxylic acid groups (broad SMARTS) is 1. The van der Waals surface area contributed by atoms with Crippen LogP contribution >= 0.6 is 0 Å². The molecule has 112 valence electrons. The second-order valence-corrected chi connectivity index (χ2v) is 7.17. The van der Waals surface area contributed by atoms with Crippen molar-refractivity contribution in [1.82, 2.24) is 5.32 Å². The number of quaternary nitrogens is 1. The Morgan fingerprint density at radius 1 is 1.35 bits per heavy atom. The van der Waals surface area contributed by atoms with Crippen LogP contribution in [-0.2, 0) is 14.3 Å². The van der Waals surface area contributed by atoms with E-state index in [9.17, 15) is 19.5 Å². The standard InChI is InChI=1S/C12H20N2O5Si/c1-19-12(18)13-8-4-2-3-7-5-6-9(11(16)17)14(7,20)10(8)15/h7-9H,2-6H2,1,20H3,(H-,13,16,17,18)/p+1. The zero-order chi connectivity index (χ0) is 14.9. The van der Waals surface area contributed by atoms with Crippen LogP contribution in [0.25, 0.3) is 0 Å². The van der Waals surface area contributed by atoms with Crippen molar-refractivity contribution in [2.75, 3.05) is 7.11 Å². The highest BCUT2D eigenvalue weighted by atomic mass is 28.2. The molecule has 8 heteroatoms. The molecule has 0 aliphatic carbocycles. The highest BCUT2D eigenvalue weighted by molar-refractivity contribution is 6.07. The van der Waals surface area contributed by atoms with Crippen LogP contribution in [0.2, 0.25) is 0 Å². The van der Waals surface area contributed by atoms with E-state index in [-0.39, 0.29) is 16.1 Å². The number of carboxylic acids is 1. The van der Waals surface area contributed by atoms with Crippen LogP contribution in [0.3, 0.4) is 0 Å². The number of nitrogens with one attached hydrogen (secondary N) is 1. The van der Waals surface area contributed by atoms with Crippen molar-refractivity contribution in [1.29, 1.82) is 0 Å². The van der Waals surface area contributed by atoms with Crippen molar-refractivity contribution in [2.45, 2.75) is 50.2 Å². The normalized spacial score (nSPS) is 37.0. The molecule has 0 bridgehead atoms. The molecule has 0 aromatic rings. The van der Waals surface area contributed by atoms with Crippen molar-refractivity contribution in [3.8, 4) is 0 Å². The Kier molecular flexibility index (Phi) is 4.14. The van der Waals surface area contributed by atoms with Crippen LogP contribution in [0.4, 0.5) is 4.79 Å². The Hall–Kier alpha value is -1.41. The first-order chi connectivity index (χ1) is 9.41. The topological polar surface area (TPSA) is 92.7 Å². The van der Waals surface area contributed by atoms with Crippen molar-refractivity contribution in [2.24, 2.45) is 0 Å². The zero-order valence-electron chi connectivity index (χ0n) is 11.8. The third-order valence-electron chi connectivity index (χ3n) is 4.74. The number of rotatable bonds is 2. The quantitative estimate of drug-likeness (QED) is 0.647. The van der Waals surface area contributed by atoms with Gasteiger partial charge in [-0.2, -0.15) is 0 Å². The Balaban J connectivity index is 2.28. The van der Waals surface area contributed by atoms with Crippen molar-refractivity contribution in [3.63, 3.8) is 0 Å². The summed E-state index contributed by atoms with van der Waals surface area (Å²) >= 11 is 0. The Morgan fingerprint density at radius 3 is 2.65 bits per heavy atom. The lowest BCUT2D eigenvalue weighted by Crippen LogP contribution is -2.65. The minimum atomic E-state index is -0.908. The molecule has 2 amide bonds. The van der Waals surface area contributed by atoms with E-state index >= 15 is 0 Å². The van der Waals surface area contributed by atoms with Crippen molar-refractivity contribution in [3.05, 3.63) is 0 Å². The molecular formula is C12H21N2O5Si+. The Bertz CT molecular complexity index is 444. The average Bonchev–Trinajstić information content (AvgIpc) is 2.69. The van der Waals surface area contributed by atoms with Crippen LogP contribution in [0, 0.1) is 0 Å². The summed E-state index contributed by atoms with van der Waals surface area (Å²) in [5.74, 6) is -1.07. The minimum Gasteiger partial charge on any atom is -0.477 e. The maximum absolute atomic E-state index is 12.8. The molecule has 2 saturated heterocycles. The van der Waals surface area contributed by atoms with Gasteiger partial charge in [0.1, 0.15) is 6.04 Å². The zero-order valence-corrected chi connectivity index (χ0v) is 13.8. The number of hydrogen-bond donors (Lipinski definition) is 2. The van der Waals surface area contributed by atoms with Gasteiger partial charge in [-0.05, 0) is 19.3 Å². The molecule has 20 heavy (non-hydrogen) atoms. The number of methoxy groups -OCH3 is 1. The van der Waals surface area contributed by atoms with E-state index in [2.05, 4.69) is 10.1 Å². The predicted molar refractivity (Wildman–Crippen MR) is 72.8 cm³/mol. The van der Waals surface area contributed by atoms with E-state index < -0.39 is 24.1 Å². The van der Waals surface area contributed by atoms with Gasteiger partial charge in [-0.25, -0.2) is 14.4 Å². The van der Waals surface area contributed by atoms with Gasteiger partial charge in [0, 0.05) is 12.8 Å². The largest absolute Gasteiger partial charge is 0.477 e. The molecular weight excluding hydrogens is 280 g/mol. The van der Waals surface area contributed by atoms with Crippen molar-refractivity contribution < 1.29 is 28.4 Å². The number of nitrogens with zero attached hydrogens (tertiary/aromatic N) is 1. The molecule has 0 aromatic carbocycles. The second-order valence-electron chi connectivity index (χ2n) is 5.69. The molecule has 0 saturated carbocycles. The molecule has 2 N–H and O–H groups in total. The SMILES string of the molecule is COC(=O)NC1CCCC2CCC(C(=O)O)[N+]2([SiH3])C1=O. The van der Waals surface area contributed by atoms with Gasteiger partial charge in [0.25, 0.3) is 0 Å². The molecule has 2 aliphatic heterocycles. The van der Waals surface area contributed by atoms with Gasteiger partial charge in [-0.3, -0.25) is 0 Å². The number of aliphatic carboxylic acids is 1. The maximum atomic E-state index is 12.8. The van der Waals surface area contributed by atoms with E-state index in [0.717, 1.165) is 19.3 Å². The fourth-order valence-electron chi connectivity index (χ4n) is 3.59. The number of hydrogen-bond acceptors (Lipinski definition) is 4. The fourth-order valence-corrected chi connectivity index (χ4v) is 4.90. The number of fused-ring (bicyclic) bond motifs is 1. The summed E-state index contributed by atoms with van der Waals surface area (Å²) < 4.78 is 4.58. The highest BCUT2D eigenvalue weighted by Crippen LogP contribution is 2.37. The van der Waals surface area contributed by atoms with E-state index in [4.69, 9.17) is 0 Å². The summed E-state index contributed by atoms with van der Waals surface area (Å²) in [6, 6.07) is -1.19. The average molecular weight is 301 g/mol. The van der Waals surface area contributed by atoms with Crippen molar-refractivity contribution >= 4 is 28.4 Å². The lowest BCUT2D eigenvalue weighted by molar-refractivity contribution is -0.770. The first-order valence-electron chi connectivity index (χ1n) is 6.88. The number of alkyl carbamates (subject to hydrolysis) is 1. The first kappa shape index (κ1) is 15.0. The number of amides is 2. The van der Waals surface area contributed by atoms with Gasteiger partial charge in [0.05, 0.1) is 13.2 Å². The van der Waals surface area contributed by atoms with Gasteiger partial charge in [-0.1, -0.05) is 0 Å². The molecule has 4 atom stereocenters. The summed E-state index contributed by atoms with van der Waals surface area (Å²) in [4.78, 5) is 35.6. The van der Waals surface area contributed by atoms with Gasteiger partial charge >= 0.3 is 18.0 Å². The maximum Gasteiger partial charge on any atom is 0.407 e. The highest BCUT2D eigenvalue weighted by Gasteiger charge is 2.56. The third kappa shape index (κ3) is 2.33. The van der Waals surface area contributed by atoms with Crippen LogP contribution in [0.1, 0.15) is 32.1 Å². The minimum absolute atomic E-state index is 0.0317. The molecule has 2 fully saturated rings. The number of carbonyl (C=O) groups is 3. The first-order valence-corrected chi connectivity index (χ1v) is 7.78. The van der Waals surface area contributed by atoms with Gasteiger partial charge in [-0.15, -0.1) is 0 Å². The molecule has 0 spiro atoms. The predicted octanol–water partition coefficient (Wildman–Crippen LogP) is -0.866. The van der Waals surface area contributed by atoms with Crippen LogP contribution in [0.15, 0.2) is 0 Å². The molecule has 2 aliphatic rings. The molecule has 2 rings (SSSR count). The monoisotopic (exact) mass is 301 g/mol. The molecule has 0 aromatic heterocycles. The van der Waals surface area contributed by atoms with E-state index in [1.807, 2.05) is 0 Å². The third-order valence-corrected chi connectivity index (χ3v) is 6.54.